The Morgan fingerprint density at radius 2 is 1.89 bits per heavy atom. The van der Waals surface area contributed by atoms with Crippen molar-refractivity contribution in [3.8, 4) is 17.6 Å². The van der Waals surface area contributed by atoms with Crippen molar-refractivity contribution in [1.82, 2.24) is 0 Å². The van der Waals surface area contributed by atoms with E-state index in [1.54, 1.807) is 0 Å². The Hall–Kier alpha value is -1.88. The van der Waals surface area contributed by atoms with Crippen LogP contribution in [0.15, 0.2) is 36.6 Å². The predicted octanol–water partition coefficient (Wildman–Crippen LogP) is 6.77. The van der Waals surface area contributed by atoms with Crippen molar-refractivity contribution in [2.24, 2.45) is 11.3 Å². The second-order valence-corrected chi connectivity index (χ2v) is 8.62. The first-order valence-corrected chi connectivity index (χ1v) is 10.6. The Balaban J connectivity index is 1.55. The maximum absolute atomic E-state index is 9.51. The fourth-order valence-electron chi connectivity index (χ4n) is 5.15. The molecule has 2 aliphatic rings. The molecule has 2 nitrogen and oxygen atoms in total. The minimum Gasteiger partial charge on any atom is -0.513 e. The fraction of sp³-hybridized carbons (Fsp3) is 0.600. The van der Waals surface area contributed by atoms with Crippen LogP contribution in [0.1, 0.15) is 82.6 Å². The largest absolute Gasteiger partial charge is 0.513 e. The first kappa shape index (κ1) is 19.9. The number of benzene rings is 1. The number of hydrogen-bond acceptors (Lipinski definition) is 2. The Bertz CT molecular complexity index is 665. The van der Waals surface area contributed by atoms with E-state index in [9.17, 15) is 5.11 Å². The summed E-state index contributed by atoms with van der Waals surface area (Å²) in [4.78, 5) is 0. The third-order valence-electron chi connectivity index (χ3n) is 6.48. The quantitative estimate of drug-likeness (QED) is 0.444. The van der Waals surface area contributed by atoms with Gasteiger partial charge in [-0.25, -0.2) is 0 Å². The standard InChI is InChI=1S/C25H34O2/c1-3-8-23(17-20(2)26)22-10-12-24(13-11-22)27-19-21-9-7-16-25(18-21)14-5-4-6-15-25/h10-13,21,23,26H,2,4-7,9,14-19H2,1H3. The summed E-state index contributed by atoms with van der Waals surface area (Å²) in [6, 6.07) is 8.21. The zero-order chi connectivity index (χ0) is 19.1. The molecule has 0 aromatic heterocycles. The summed E-state index contributed by atoms with van der Waals surface area (Å²) in [6.07, 6.45) is 13.1. The molecule has 0 amide bonds. The second-order valence-electron chi connectivity index (χ2n) is 8.62. The van der Waals surface area contributed by atoms with Gasteiger partial charge in [0.15, 0.2) is 0 Å². The van der Waals surface area contributed by atoms with E-state index in [1.165, 1.54) is 57.8 Å². The molecule has 27 heavy (non-hydrogen) atoms. The third kappa shape index (κ3) is 5.55. The van der Waals surface area contributed by atoms with Crippen LogP contribution in [0.3, 0.4) is 0 Å². The molecule has 3 rings (SSSR count). The average molecular weight is 367 g/mol. The fourth-order valence-corrected chi connectivity index (χ4v) is 5.15. The Morgan fingerprint density at radius 3 is 2.56 bits per heavy atom. The van der Waals surface area contributed by atoms with Crippen LogP contribution in [0.4, 0.5) is 0 Å². The van der Waals surface area contributed by atoms with Crippen molar-refractivity contribution in [3.05, 3.63) is 42.2 Å². The van der Waals surface area contributed by atoms with Crippen LogP contribution in [0.5, 0.6) is 5.75 Å². The molecule has 2 unspecified atom stereocenters. The van der Waals surface area contributed by atoms with Crippen molar-refractivity contribution in [2.75, 3.05) is 6.61 Å². The van der Waals surface area contributed by atoms with Gasteiger partial charge in [0.25, 0.3) is 0 Å². The summed E-state index contributed by atoms with van der Waals surface area (Å²) in [5.74, 6) is 7.91. The van der Waals surface area contributed by atoms with Gasteiger partial charge in [-0.15, -0.1) is 5.92 Å². The molecule has 2 fully saturated rings. The van der Waals surface area contributed by atoms with Crippen LogP contribution in [0.2, 0.25) is 0 Å². The van der Waals surface area contributed by atoms with Crippen LogP contribution in [-0.2, 0) is 0 Å². The van der Waals surface area contributed by atoms with Gasteiger partial charge in [0.05, 0.1) is 18.3 Å². The first-order chi connectivity index (χ1) is 13.1. The molecule has 1 aromatic rings. The lowest BCUT2D eigenvalue weighted by Gasteiger charge is -2.43. The summed E-state index contributed by atoms with van der Waals surface area (Å²) in [7, 11) is 0. The highest BCUT2D eigenvalue weighted by Gasteiger charge is 2.37. The van der Waals surface area contributed by atoms with E-state index in [1.807, 2.05) is 19.1 Å². The van der Waals surface area contributed by atoms with Gasteiger partial charge in [-0.1, -0.05) is 50.3 Å². The van der Waals surface area contributed by atoms with Crippen LogP contribution >= 0.6 is 0 Å². The van der Waals surface area contributed by atoms with Gasteiger partial charge < -0.3 is 9.84 Å². The zero-order valence-corrected chi connectivity index (χ0v) is 16.8. The van der Waals surface area contributed by atoms with Crippen LogP contribution in [0, 0.1) is 23.2 Å². The topological polar surface area (TPSA) is 29.5 Å². The van der Waals surface area contributed by atoms with Crippen molar-refractivity contribution < 1.29 is 9.84 Å². The predicted molar refractivity (Wildman–Crippen MR) is 112 cm³/mol. The van der Waals surface area contributed by atoms with Gasteiger partial charge >= 0.3 is 0 Å². The lowest BCUT2D eigenvalue weighted by molar-refractivity contribution is 0.0658. The average Bonchev–Trinajstić information content (AvgIpc) is 2.67. The second kappa shape index (κ2) is 9.36. The molecule has 2 heteroatoms. The van der Waals surface area contributed by atoms with Crippen LogP contribution < -0.4 is 4.74 Å². The van der Waals surface area contributed by atoms with Gasteiger partial charge in [0, 0.05) is 6.42 Å². The first-order valence-electron chi connectivity index (χ1n) is 10.6. The molecule has 2 saturated carbocycles. The monoisotopic (exact) mass is 366 g/mol. The van der Waals surface area contributed by atoms with Gasteiger partial charge in [-0.2, -0.15) is 0 Å². The van der Waals surface area contributed by atoms with E-state index in [4.69, 9.17) is 4.74 Å². The summed E-state index contributed by atoms with van der Waals surface area (Å²) in [5.41, 5.74) is 1.73. The molecular weight excluding hydrogens is 332 g/mol. The molecule has 1 aromatic carbocycles. The highest BCUT2D eigenvalue weighted by Crippen LogP contribution is 2.49. The van der Waals surface area contributed by atoms with Crippen molar-refractivity contribution in [3.63, 3.8) is 0 Å². The highest BCUT2D eigenvalue weighted by atomic mass is 16.5. The minimum atomic E-state index is -0.00828. The van der Waals surface area contributed by atoms with E-state index in [0.717, 1.165) is 17.9 Å². The summed E-state index contributed by atoms with van der Waals surface area (Å²) >= 11 is 0. The number of rotatable bonds is 6. The summed E-state index contributed by atoms with van der Waals surface area (Å²) in [6.45, 7) is 6.27. The molecule has 1 spiro atoms. The lowest BCUT2D eigenvalue weighted by Crippen LogP contribution is -2.33. The molecular formula is C25H34O2. The number of ether oxygens (including phenoxy) is 1. The SMILES string of the molecule is C=C(O)CC(C#CC)c1ccc(OCC2CCCC3(CCCCC3)C2)cc1. The number of hydrogen-bond donors (Lipinski definition) is 1. The molecule has 0 aliphatic heterocycles. The zero-order valence-electron chi connectivity index (χ0n) is 16.8. The Morgan fingerprint density at radius 1 is 1.19 bits per heavy atom. The molecule has 1 N–H and O–H groups in total. The number of aliphatic hydroxyl groups is 1. The number of allylic oxidation sites excluding steroid dienone is 1. The molecule has 0 radical (unpaired) electrons. The molecule has 2 atom stereocenters. The van der Waals surface area contributed by atoms with Gasteiger partial charge in [-0.05, 0) is 68.1 Å². The van der Waals surface area contributed by atoms with E-state index >= 15 is 0 Å². The molecule has 0 saturated heterocycles. The van der Waals surface area contributed by atoms with Crippen molar-refractivity contribution in [2.45, 2.75) is 77.0 Å². The van der Waals surface area contributed by atoms with E-state index in [2.05, 4.69) is 30.6 Å². The van der Waals surface area contributed by atoms with Gasteiger partial charge in [-0.3, -0.25) is 0 Å². The van der Waals surface area contributed by atoms with E-state index in [0.29, 0.717) is 17.8 Å². The lowest BCUT2D eigenvalue weighted by atomic mass is 9.63. The molecule has 146 valence electrons. The molecule has 0 bridgehead atoms. The van der Waals surface area contributed by atoms with Crippen LogP contribution in [-0.4, -0.2) is 11.7 Å². The Labute approximate surface area is 165 Å². The normalized spacial score (nSPS) is 22.5. The maximum atomic E-state index is 9.51. The Kier molecular flexibility index (Phi) is 6.89. The minimum absolute atomic E-state index is 0.00828. The van der Waals surface area contributed by atoms with Gasteiger partial charge in [0.2, 0.25) is 0 Å². The number of aliphatic hydroxyl groups excluding tert-OH is 1. The maximum Gasteiger partial charge on any atom is 0.119 e. The molecule has 0 heterocycles. The van der Waals surface area contributed by atoms with E-state index in [-0.39, 0.29) is 11.7 Å². The van der Waals surface area contributed by atoms with Crippen molar-refractivity contribution in [1.29, 1.82) is 0 Å². The van der Waals surface area contributed by atoms with Gasteiger partial charge in [0.1, 0.15) is 5.75 Å². The molecule has 2 aliphatic carbocycles. The third-order valence-corrected chi connectivity index (χ3v) is 6.48. The van der Waals surface area contributed by atoms with Crippen molar-refractivity contribution >= 4 is 0 Å². The summed E-state index contributed by atoms with van der Waals surface area (Å²) < 4.78 is 6.15. The highest BCUT2D eigenvalue weighted by molar-refractivity contribution is 5.34. The van der Waals surface area contributed by atoms with Crippen LogP contribution in [0.25, 0.3) is 0 Å². The smallest absolute Gasteiger partial charge is 0.119 e. The van der Waals surface area contributed by atoms with E-state index < -0.39 is 0 Å². The summed E-state index contributed by atoms with van der Waals surface area (Å²) in [5, 5.41) is 9.51.